The molecule has 0 saturated carbocycles. The number of nitrogens with zero attached hydrogens (tertiary/aromatic N) is 1. The van der Waals surface area contributed by atoms with Gasteiger partial charge < -0.3 is 15.4 Å². The Bertz CT molecular complexity index is 381. The van der Waals surface area contributed by atoms with Crippen molar-refractivity contribution in [3.05, 3.63) is 30.3 Å². The van der Waals surface area contributed by atoms with Gasteiger partial charge in [-0.1, -0.05) is 31.5 Å². The first-order valence-corrected chi connectivity index (χ1v) is 7.31. The molecule has 0 spiro atoms. The number of hydrogen-bond acceptors (Lipinski definition) is 3. The van der Waals surface area contributed by atoms with Crippen LogP contribution in [-0.4, -0.2) is 37.0 Å². The third-order valence-corrected chi connectivity index (χ3v) is 3.17. The molecule has 20 heavy (non-hydrogen) atoms. The van der Waals surface area contributed by atoms with Crippen LogP contribution in [0.2, 0.25) is 0 Å². The van der Waals surface area contributed by atoms with Gasteiger partial charge in [0.15, 0.2) is 0 Å². The number of carbonyl (C=O) groups excluding carboxylic acids is 1. The van der Waals surface area contributed by atoms with Gasteiger partial charge in [-0.2, -0.15) is 0 Å². The quantitative estimate of drug-likeness (QED) is 0.706. The fourth-order valence-electron chi connectivity index (χ4n) is 1.99. The van der Waals surface area contributed by atoms with Crippen LogP contribution >= 0.6 is 0 Å². The summed E-state index contributed by atoms with van der Waals surface area (Å²) in [4.78, 5) is 13.6. The van der Waals surface area contributed by atoms with Crippen LogP contribution in [0, 0.1) is 0 Å². The lowest BCUT2D eigenvalue weighted by molar-refractivity contribution is -0.130. The summed E-state index contributed by atoms with van der Waals surface area (Å²) in [6.07, 6.45) is 3.17. The Morgan fingerprint density at radius 1 is 1.35 bits per heavy atom. The smallest absolute Gasteiger partial charge is 0.223 e. The predicted octanol–water partition coefficient (Wildman–Crippen LogP) is 2.43. The van der Waals surface area contributed by atoms with Crippen LogP contribution in [-0.2, 0) is 4.79 Å². The van der Waals surface area contributed by atoms with Gasteiger partial charge in [-0.05, 0) is 25.0 Å². The van der Waals surface area contributed by atoms with E-state index < -0.39 is 0 Å². The summed E-state index contributed by atoms with van der Waals surface area (Å²) in [5.74, 6) is 0.983. The minimum atomic E-state index is -0.0180. The fourth-order valence-corrected chi connectivity index (χ4v) is 1.99. The van der Waals surface area contributed by atoms with E-state index in [2.05, 4.69) is 6.92 Å². The Morgan fingerprint density at radius 3 is 2.70 bits per heavy atom. The molecule has 0 aliphatic rings. The lowest BCUT2D eigenvalue weighted by Crippen LogP contribution is -2.34. The monoisotopic (exact) mass is 278 g/mol. The van der Waals surface area contributed by atoms with Gasteiger partial charge in [-0.15, -0.1) is 0 Å². The van der Waals surface area contributed by atoms with Crippen molar-refractivity contribution in [2.24, 2.45) is 5.73 Å². The fraction of sp³-hybridized carbons (Fsp3) is 0.562. The Labute approximate surface area is 121 Å². The number of nitrogens with two attached hydrogens (primary N) is 1. The average molecular weight is 278 g/mol. The maximum absolute atomic E-state index is 11.9. The van der Waals surface area contributed by atoms with Crippen LogP contribution in [0.15, 0.2) is 30.3 Å². The minimum Gasteiger partial charge on any atom is -0.494 e. The molecule has 0 aliphatic carbocycles. The molecule has 1 unspecified atom stereocenters. The third-order valence-electron chi connectivity index (χ3n) is 3.17. The molecule has 2 N–H and O–H groups in total. The van der Waals surface area contributed by atoms with Gasteiger partial charge in [0.25, 0.3) is 0 Å². The van der Waals surface area contributed by atoms with Crippen molar-refractivity contribution in [1.82, 2.24) is 4.90 Å². The van der Waals surface area contributed by atoms with Crippen molar-refractivity contribution >= 4 is 5.91 Å². The normalized spacial score (nSPS) is 11.9. The number of hydrogen-bond donors (Lipinski definition) is 1. The van der Waals surface area contributed by atoms with Gasteiger partial charge >= 0.3 is 0 Å². The van der Waals surface area contributed by atoms with Crippen LogP contribution in [0.3, 0.4) is 0 Å². The molecule has 0 fully saturated rings. The van der Waals surface area contributed by atoms with Gasteiger partial charge in [0.05, 0.1) is 6.61 Å². The minimum absolute atomic E-state index is 0.0180. The van der Waals surface area contributed by atoms with Gasteiger partial charge in [0.2, 0.25) is 5.91 Å². The molecular weight excluding hydrogens is 252 g/mol. The molecule has 1 amide bonds. The summed E-state index contributed by atoms with van der Waals surface area (Å²) >= 11 is 0. The zero-order chi connectivity index (χ0) is 14.8. The highest BCUT2D eigenvalue weighted by molar-refractivity contribution is 5.76. The van der Waals surface area contributed by atoms with Crippen molar-refractivity contribution in [3.8, 4) is 5.75 Å². The largest absolute Gasteiger partial charge is 0.494 e. The number of benzene rings is 1. The molecule has 112 valence electrons. The van der Waals surface area contributed by atoms with Crippen LogP contribution in [0.5, 0.6) is 5.75 Å². The molecule has 4 heteroatoms. The number of para-hydroxylation sites is 1. The van der Waals surface area contributed by atoms with Crippen molar-refractivity contribution < 1.29 is 9.53 Å². The van der Waals surface area contributed by atoms with Crippen molar-refractivity contribution in [2.45, 2.75) is 38.6 Å². The van der Waals surface area contributed by atoms with E-state index in [1.54, 1.807) is 4.90 Å². The first-order valence-electron chi connectivity index (χ1n) is 7.31. The van der Waals surface area contributed by atoms with Gasteiger partial charge in [0, 0.05) is 26.1 Å². The van der Waals surface area contributed by atoms with E-state index in [-0.39, 0.29) is 11.9 Å². The SMILES string of the molecule is CCCC(N)CC(=O)N(C)CCCOc1ccccc1. The van der Waals surface area contributed by atoms with Crippen molar-refractivity contribution in [3.63, 3.8) is 0 Å². The summed E-state index contributed by atoms with van der Waals surface area (Å²) in [6, 6.07) is 9.69. The highest BCUT2D eigenvalue weighted by Gasteiger charge is 2.12. The summed E-state index contributed by atoms with van der Waals surface area (Å²) in [6.45, 7) is 3.39. The first-order chi connectivity index (χ1) is 9.63. The molecule has 4 nitrogen and oxygen atoms in total. The van der Waals surface area contributed by atoms with Crippen molar-refractivity contribution in [2.75, 3.05) is 20.2 Å². The zero-order valence-corrected chi connectivity index (χ0v) is 12.5. The number of carbonyl (C=O) groups is 1. The predicted molar refractivity (Wildman–Crippen MR) is 81.7 cm³/mol. The molecule has 1 atom stereocenters. The molecule has 0 saturated heterocycles. The number of rotatable bonds is 9. The maximum Gasteiger partial charge on any atom is 0.223 e. The van der Waals surface area contributed by atoms with Crippen LogP contribution in [0.4, 0.5) is 0 Å². The Balaban J connectivity index is 2.16. The molecule has 1 rings (SSSR count). The summed E-state index contributed by atoms with van der Waals surface area (Å²) < 4.78 is 5.59. The van der Waals surface area contributed by atoms with E-state index in [9.17, 15) is 4.79 Å². The highest BCUT2D eigenvalue weighted by atomic mass is 16.5. The van der Waals surface area contributed by atoms with E-state index in [4.69, 9.17) is 10.5 Å². The number of ether oxygens (including phenoxy) is 1. The van der Waals surface area contributed by atoms with Gasteiger partial charge in [-0.25, -0.2) is 0 Å². The molecule has 0 aromatic heterocycles. The molecule has 0 aliphatic heterocycles. The Morgan fingerprint density at radius 2 is 2.05 bits per heavy atom. The summed E-state index contributed by atoms with van der Waals surface area (Å²) in [5, 5.41) is 0. The van der Waals surface area contributed by atoms with E-state index >= 15 is 0 Å². The first kappa shape index (κ1) is 16.5. The van der Waals surface area contributed by atoms with Gasteiger partial charge in [-0.3, -0.25) is 4.79 Å². The topological polar surface area (TPSA) is 55.6 Å². The Hall–Kier alpha value is -1.55. The van der Waals surface area contributed by atoms with Crippen molar-refractivity contribution in [1.29, 1.82) is 0 Å². The zero-order valence-electron chi connectivity index (χ0n) is 12.5. The second-order valence-corrected chi connectivity index (χ2v) is 5.08. The lowest BCUT2D eigenvalue weighted by atomic mass is 10.1. The van der Waals surface area contributed by atoms with Crippen LogP contribution in [0.25, 0.3) is 0 Å². The standard InChI is InChI=1S/C16H26N2O2/c1-3-8-14(17)13-16(19)18(2)11-7-12-20-15-9-5-4-6-10-15/h4-6,9-10,14H,3,7-8,11-13,17H2,1-2H3. The molecule has 0 radical (unpaired) electrons. The Kier molecular flexibility index (Phi) is 7.73. The maximum atomic E-state index is 11.9. The van der Waals surface area contributed by atoms with Crippen LogP contribution < -0.4 is 10.5 Å². The average Bonchev–Trinajstić information content (AvgIpc) is 2.44. The van der Waals surface area contributed by atoms with E-state index in [1.807, 2.05) is 37.4 Å². The second kappa shape index (κ2) is 9.37. The van der Waals surface area contributed by atoms with E-state index in [0.29, 0.717) is 19.6 Å². The van der Waals surface area contributed by atoms with E-state index in [1.165, 1.54) is 0 Å². The molecule has 0 bridgehead atoms. The molecule has 0 heterocycles. The highest BCUT2D eigenvalue weighted by Crippen LogP contribution is 2.08. The summed E-state index contributed by atoms with van der Waals surface area (Å²) in [5.41, 5.74) is 5.88. The second-order valence-electron chi connectivity index (χ2n) is 5.08. The number of amides is 1. The molecular formula is C16H26N2O2. The van der Waals surface area contributed by atoms with Crippen LogP contribution in [0.1, 0.15) is 32.6 Å². The molecule has 1 aromatic rings. The summed E-state index contributed by atoms with van der Waals surface area (Å²) in [7, 11) is 1.82. The van der Waals surface area contributed by atoms with E-state index in [0.717, 1.165) is 25.0 Å². The molecule has 1 aromatic carbocycles. The van der Waals surface area contributed by atoms with Gasteiger partial charge in [0.1, 0.15) is 5.75 Å². The third kappa shape index (κ3) is 6.57. The lowest BCUT2D eigenvalue weighted by Gasteiger charge is -2.19.